The highest BCUT2D eigenvalue weighted by atomic mass is 19.1. The van der Waals surface area contributed by atoms with Gasteiger partial charge in [-0.25, -0.2) is 9.07 Å². The van der Waals surface area contributed by atoms with Gasteiger partial charge in [0.1, 0.15) is 5.82 Å². The van der Waals surface area contributed by atoms with Gasteiger partial charge in [0.25, 0.3) is 5.91 Å². The van der Waals surface area contributed by atoms with Crippen LogP contribution in [0.25, 0.3) is 0 Å². The van der Waals surface area contributed by atoms with Gasteiger partial charge in [0.2, 0.25) is 0 Å². The van der Waals surface area contributed by atoms with E-state index in [1.807, 2.05) is 19.1 Å². The lowest BCUT2D eigenvalue weighted by atomic mass is 10.0. The first-order valence-electron chi connectivity index (χ1n) is 8.01. The smallest absolute Gasteiger partial charge is 0.273 e. The molecule has 0 unspecified atom stereocenters. The van der Waals surface area contributed by atoms with E-state index < -0.39 is 0 Å². The molecule has 1 atom stereocenters. The molecule has 0 aliphatic heterocycles. The minimum atomic E-state index is -0.302. The summed E-state index contributed by atoms with van der Waals surface area (Å²) < 4.78 is 14.7. The predicted molar refractivity (Wildman–Crippen MR) is 90.3 cm³/mol. The summed E-state index contributed by atoms with van der Waals surface area (Å²) in [6.07, 6.45) is 5.72. The maximum absolute atomic E-state index is 13.1. The first kappa shape index (κ1) is 16.8. The molecule has 0 aliphatic rings. The Labute approximate surface area is 144 Å². The molecule has 25 heavy (non-hydrogen) atoms. The summed E-state index contributed by atoms with van der Waals surface area (Å²) in [5, 5.41) is 10.8. The Kier molecular flexibility index (Phi) is 5.13. The Balaban J connectivity index is 1.70. The van der Waals surface area contributed by atoms with Crippen LogP contribution in [-0.2, 0) is 6.54 Å². The summed E-state index contributed by atoms with van der Waals surface area (Å²) in [4.78, 5) is 16.2. The Morgan fingerprint density at radius 2 is 2.08 bits per heavy atom. The van der Waals surface area contributed by atoms with Gasteiger partial charge in [0.15, 0.2) is 5.69 Å². The monoisotopic (exact) mass is 339 g/mol. The lowest BCUT2D eigenvalue weighted by Gasteiger charge is -2.14. The third-order valence-electron chi connectivity index (χ3n) is 3.88. The van der Waals surface area contributed by atoms with E-state index in [0.717, 1.165) is 17.5 Å². The van der Waals surface area contributed by atoms with Crippen LogP contribution in [0.3, 0.4) is 0 Å². The molecule has 0 saturated heterocycles. The third kappa shape index (κ3) is 4.06. The average Bonchev–Trinajstić information content (AvgIpc) is 3.13. The minimum Gasteiger partial charge on any atom is -0.346 e. The van der Waals surface area contributed by atoms with Crippen molar-refractivity contribution < 1.29 is 9.18 Å². The van der Waals surface area contributed by atoms with Gasteiger partial charge >= 0.3 is 0 Å². The second-order valence-corrected chi connectivity index (χ2v) is 5.60. The molecule has 1 amide bonds. The van der Waals surface area contributed by atoms with Crippen LogP contribution in [0.5, 0.6) is 0 Å². The highest BCUT2D eigenvalue weighted by Gasteiger charge is 2.17. The zero-order chi connectivity index (χ0) is 17.6. The summed E-state index contributed by atoms with van der Waals surface area (Å²) in [6.45, 7) is 2.37. The van der Waals surface area contributed by atoms with Gasteiger partial charge < -0.3 is 5.32 Å². The summed E-state index contributed by atoms with van der Waals surface area (Å²) in [6, 6.07) is 9.85. The fraction of sp³-hybridized carbons (Fsp3) is 0.222. The molecular formula is C18H18FN5O. The van der Waals surface area contributed by atoms with Crippen LogP contribution in [0.1, 0.15) is 41.0 Å². The van der Waals surface area contributed by atoms with Gasteiger partial charge in [-0.1, -0.05) is 30.3 Å². The van der Waals surface area contributed by atoms with Gasteiger partial charge in [0.05, 0.1) is 12.2 Å². The quantitative estimate of drug-likeness (QED) is 0.749. The maximum Gasteiger partial charge on any atom is 0.273 e. The number of nitrogens with one attached hydrogen (secondary N) is 1. The van der Waals surface area contributed by atoms with Crippen molar-refractivity contribution in [3.05, 3.63) is 77.6 Å². The van der Waals surface area contributed by atoms with Crippen molar-refractivity contribution in [2.24, 2.45) is 0 Å². The minimum absolute atomic E-state index is 0.104. The van der Waals surface area contributed by atoms with Crippen LogP contribution in [0.15, 0.2) is 55.0 Å². The molecule has 6 nitrogen and oxygen atoms in total. The normalized spacial score (nSPS) is 11.9. The topological polar surface area (TPSA) is 72.7 Å². The molecule has 3 rings (SSSR count). The number of pyridine rings is 1. The van der Waals surface area contributed by atoms with Crippen LogP contribution in [0.2, 0.25) is 0 Å². The molecular weight excluding hydrogens is 321 g/mol. The van der Waals surface area contributed by atoms with E-state index in [4.69, 9.17) is 0 Å². The van der Waals surface area contributed by atoms with Gasteiger partial charge in [0, 0.05) is 18.9 Å². The molecule has 1 aromatic carbocycles. The first-order valence-corrected chi connectivity index (χ1v) is 8.01. The van der Waals surface area contributed by atoms with Crippen LogP contribution < -0.4 is 5.32 Å². The van der Waals surface area contributed by atoms with Gasteiger partial charge in [-0.3, -0.25) is 9.78 Å². The Hall–Kier alpha value is -3.09. The highest BCUT2D eigenvalue weighted by molar-refractivity contribution is 5.91. The molecule has 0 aliphatic carbocycles. The van der Waals surface area contributed by atoms with Crippen molar-refractivity contribution in [3.63, 3.8) is 0 Å². The van der Waals surface area contributed by atoms with Crippen molar-refractivity contribution in [2.75, 3.05) is 0 Å². The maximum atomic E-state index is 13.1. The van der Waals surface area contributed by atoms with Crippen molar-refractivity contribution in [1.82, 2.24) is 25.3 Å². The van der Waals surface area contributed by atoms with Gasteiger partial charge in [-0.15, -0.1) is 5.10 Å². The zero-order valence-corrected chi connectivity index (χ0v) is 13.8. The number of carbonyl (C=O) groups is 1. The van der Waals surface area contributed by atoms with E-state index in [0.29, 0.717) is 6.54 Å². The fourth-order valence-electron chi connectivity index (χ4n) is 2.57. The molecule has 0 bridgehead atoms. The number of carbonyl (C=O) groups excluding carboxylic acids is 1. The first-order chi connectivity index (χ1) is 12.2. The van der Waals surface area contributed by atoms with Crippen LogP contribution >= 0.6 is 0 Å². The van der Waals surface area contributed by atoms with E-state index >= 15 is 0 Å². The number of nitrogens with zero attached hydrogens (tertiary/aromatic N) is 4. The lowest BCUT2D eigenvalue weighted by molar-refractivity contribution is 0.0946. The molecule has 7 heteroatoms. The van der Waals surface area contributed by atoms with E-state index in [9.17, 15) is 9.18 Å². The highest BCUT2D eigenvalue weighted by Crippen LogP contribution is 2.21. The molecule has 1 N–H and O–H groups in total. The molecule has 2 aromatic heterocycles. The standard InChI is InChI=1S/C18H18FN5O/c1-2-17(14-5-7-15(19)8-6-14)24-12-16(22-23-24)18(25)21-11-13-4-3-9-20-10-13/h3-10,12,17H,2,11H2,1H3,(H,21,25)/t17-/m1/s1. The van der Waals surface area contributed by atoms with Crippen molar-refractivity contribution in [1.29, 1.82) is 0 Å². The number of amides is 1. The number of hydrogen-bond donors (Lipinski definition) is 1. The average molecular weight is 339 g/mol. The molecule has 128 valence electrons. The van der Waals surface area contributed by atoms with Crippen molar-refractivity contribution >= 4 is 5.91 Å². The number of benzene rings is 1. The van der Waals surface area contributed by atoms with Crippen molar-refractivity contribution in [2.45, 2.75) is 25.9 Å². The number of aromatic nitrogens is 4. The summed E-state index contributed by atoms with van der Waals surface area (Å²) in [7, 11) is 0. The Bertz CT molecular complexity index is 832. The Morgan fingerprint density at radius 1 is 1.28 bits per heavy atom. The van der Waals surface area contributed by atoms with Gasteiger partial charge in [-0.05, 0) is 35.7 Å². The zero-order valence-electron chi connectivity index (χ0n) is 13.8. The number of halogens is 1. The summed E-state index contributed by atoms with van der Waals surface area (Å²) in [5.74, 6) is -0.586. The fourth-order valence-corrected chi connectivity index (χ4v) is 2.57. The number of rotatable bonds is 6. The van der Waals surface area contributed by atoms with E-state index in [-0.39, 0.29) is 23.5 Å². The largest absolute Gasteiger partial charge is 0.346 e. The second-order valence-electron chi connectivity index (χ2n) is 5.60. The van der Waals surface area contributed by atoms with Crippen LogP contribution in [0.4, 0.5) is 4.39 Å². The van der Waals surface area contributed by atoms with E-state index in [1.54, 1.807) is 35.4 Å². The Morgan fingerprint density at radius 3 is 2.76 bits per heavy atom. The molecule has 0 radical (unpaired) electrons. The lowest BCUT2D eigenvalue weighted by Crippen LogP contribution is -2.23. The molecule has 3 aromatic rings. The predicted octanol–water partition coefficient (Wildman–Crippen LogP) is 2.74. The summed E-state index contributed by atoms with van der Waals surface area (Å²) in [5.41, 5.74) is 2.06. The second kappa shape index (κ2) is 7.65. The van der Waals surface area contributed by atoms with E-state index in [1.165, 1.54) is 12.1 Å². The summed E-state index contributed by atoms with van der Waals surface area (Å²) >= 11 is 0. The third-order valence-corrected chi connectivity index (χ3v) is 3.88. The van der Waals surface area contributed by atoms with Gasteiger partial charge in [-0.2, -0.15) is 0 Å². The molecule has 2 heterocycles. The number of hydrogen-bond acceptors (Lipinski definition) is 4. The van der Waals surface area contributed by atoms with E-state index in [2.05, 4.69) is 20.6 Å². The van der Waals surface area contributed by atoms with Crippen molar-refractivity contribution in [3.8, 4) is 0 Å². The molecule has 0 saturated carbocycles. The van der Waals surface area contributed by atoms with Crippen LogP contribution in [0, 0.1) is 5.82 Å². The molecule has 0 spiro atoms. The SMILES string of the molecule is CC[C@H](c1ccc(F)cc1)n1cc(C(=O)NCc2cccnc2)nn1. The van der Waals surface area contributed by atoms with Crippen LogP contribution in [-0.4, -0.2) is 25.9 Å². The molecule has 0 fully saturated rings.